The van der Waals surface area contributed by atoms with Crippen LogP contribution in [0, 0.1) is 28.6 Å². The van der Waals surface area contributed by atoms with Gasteiger partial charge in [0, 0.05) is 29.6 Å². The molecule has 0 radical (unpaired) electrons. The molecule has 3 fully saturated rings. The molecule has 0 aromatic carbocycles. The predicted octanol–water partition coefficient (Wildman–Crippen LogP) is 2.03. The normalized spacial score (nSPS) is 52.5. The van der Waals surface area contributed by atoms with Crippen LogP contribution in [-0.4, -0.2) is 34.0 Å². The lowest BCUT2D eigenvalue weighted by atomic mass is 9.46. The smallest absolute Gasteiger partial charge is 0.155 e. The second-order valence-electron chi connectivity index (χ2n) is 8.73. The van der Waals surface area contributed by atoms with Crippen molar-refractivity contribution >= 4 is 11.6 Å². The number of aliphatic hydroxyl groups is 2. The molecule has 0 amide bonds. The van der Waals surface area contributed by atoms with E-state index in [0.29, 0.717) is 31.6 Å². The summed E-state index contributed by atoms with van der Waals surface area (Å²) in [5.41, 5.74) is 0.0629. The third kappa shape index (κ3) is 1.91. The van der Waals surface area contributed by atoms with Gasteiger partial charge in [-0.3, -0.25) is 9.59 Å². The molecule has 3 saturated carbocycles. The molecule has 0 aromatic rings. The van der Waals surface area contributed by atoms with Crippen LogP contribution in [0.5, 0.6) is 0 Å². The summed E-state index contributed by atoms with van der Waals surface area (Å²) in [4.78, 5) is 24.9. The fourth-order valence-electron chi connectivity index (χ4n) is 6.41. The topological polar surface area (TPSA) is 74.6 Å². The second-order valence-corrected chi connectivity index (χ2v) is 8.73. The van der Waals surface area contributed by atoms with Crippen molar-refractivity contribution in [1.29, 1.82) is 0 Å². The van der Waals surface area contributed by atoms with Crippen LogP contribution in [0.2, 0.25) is 0 Å². The molecule has 4 aliphatic rings. The van der Waals surface area contributed by atoms with E-state index in [0.717, 1.165) is 18.4 Å². The average molecular weight is 318 g/mol. The van der Waals surface area contributed by atoms with E-state index >= 15 is 0 Å². The number of ketones is 2. The summed E-state index contributed by atoms with van der Waals surface area (Å²) in [5, 5.41) is 21.1. The number of carbonyl (C=O) groups is 2. The number of hydrogen-bond donors (Lipinski definition) is 2. The molecular weight excluding hydrogens is 292 g/mol. The van der Waals surface area contributed by atoms with Crippen LogP contribution in [0.1, 0.15) is 52.4 Å². The Balaban J connectivity index is 1.79. The quantitative estimate of drug-likeness (QED) is 0.717. The van der Waals surface area contributed by atoms with Crippen LogP contribution in [0.25, 0.3) is 0 Å². The molecule has 0 bridgehead atoms. The Bertz CT molecular complexity index is 608. The van der Waals surface area contributed by atoms with E-state index < -0.39 is 12.2 Å². The van der Waals surface area contributed by atoms with Gasteiger partial charge in [0.25, 0.3) is 0 Å². The maximum Gasteiger partial charge on any atom is 0.155 e. The summed E-state index contributed by atoms with van der Waals surface area (Å²) in [5.74, 6) is 0.618. The van der Waals surface area contributed by atoms with Gasteiger partial charge in [0.1, 0.15) is 5.78 Å². The van der Waals surface area contributed by atoms with Crippen LogP contribution in [-0.2, 0) is 9.59 Å². The lowest BCUT2D eigenvalue weighted by Gasteiger charge is -2.57. The number of Topliss-reactive ketones (excluding diaryl/α,β-unsaturated/α-hetero) is 1. The third-order valence-corrected chi connectivity index (χ3v) is 7.61. The highest BCUT2D eigenvalue weighted by molar-refractivity contribution is 5.93. The average Bonchev–Trinajstić information content (AvgIpc) is 2.76. The van der Waals surface area contributed by atoms with E-state index in [-0.39, 0.29) is 34.2 Å². The number of aliphatic hydroxyl groups excluding tert-OH is 2. The van der Waals surface area contributed by atoms with Gasteiger partial charge in [-0.1, -0.05) is 13.8 Å². The van der Waals surface area contributed by atoms with Crippen molar-refractivity contribution in [2.24, 2.45) is 28.6 Å². The first-order chi connectivity index (χ1) is 10.8. The van der Waals surface area contributed by atoms with E-state index in [9.17, 15) is 19.8 Å². The molecule has 0 saturated heterocycles. The number of carbonyl (C=O) groups excluding carboxylic acids is 2. The van der Waals surface area contributed by atoms with Crippen molar-refractivity contribution in [2.75, 3.05) is 0 Å². The lowest BCUT2D eigenvalue weighted by Crippen LogP contribution is -2.58. The van der Waals surface area contributed by atoms with Crippen molar-refractivity contribution in [2.45, 2.75) is 64.6 Å². The second kappa shape index (κ2) is 4.76. The summed E-state index contributed by atoms with van der Waals surface area (Å²) in [6, 6.07) is 0. The van der Waals surface area contributed by atoms with E-state index in [2.05, 4.69) is 6.92 Å². The molecule has 4 aliphatic carbocycles. The largest absolute Gasteiger partial charge is 0.393 e. The monoisotopic (exact) mass is 318 g/mol. The molecule has 4 rings (SSSR count). The van der Waals surface area contributed by atoms with E-state index in [1.54, 1.807) is 6.08 Å². The van der Waals surface area contributed by atoms with Gasteiger partial charge in [-0.2, -0.15) is 0 Å². The molecule has 2 N–H and O–H groups in total. The van der Waals surface area contributed by atoms with Crippen molar-refractivity contribution in [3.05, 3.63) is 11.6 Å². The predicted molar refractivity (Wildman–Crippen MR) is 84.5 cm³/mol. The van der Waals surface area contributed by atoms with Gasteiger partial charge in [0.05, 0.1) is 12.2 Å². The fourth-order valence-corrected chi connectivity index (χ4v) is 6.41. The van der Waals surface area contributed by atoms with Gasteiger partial charge < -0.3 is 10.2 Å². The highest BCUT2D eigenvalue weighted by atomic mass is 16.3. The van der Waals surface area contributed by atoms with Gasteiger partial charge in [-0.25, -0.2) is 0 Å². The molecule has 7 atom stereocenters. The van der Waals surface area contributed by atoms with Crippen LogP contribution >= 0.6 is 0 Å². The highest BCUT2D eigenvalue weighted by Crippen LogP contribution is 2.64. The van der Waals surface area contributed by atoms with Gasteiger partial charge >= 0.3 is 0 Å². The Morgan fingerprint density at radius 2 is 1.91 bits per heavy atom. The Hall–Kier alpha value is -1.00. The summed E-state index contributed by atoms with van der Waals surface area (Å²) in [7, 11) is 0. The van der Waals surface area contributed by atoms with Crippen LogP contribution < -0.4 is 0 Å². The molecule has 0 aromatic heterocycles. The van der Waals surface area contributed by atoms with Crippen molar-refractivity contribution in [3.63, 3.8) is 0 Å². The molecule has 23 heavy (non-hydrogen) atoms. The molecule has 0 spiro atoms. The molecule has 126 valence electrons. The van der Waals surface area contributed by atoms with Crippen molar-refractivity contribution < 1.29 is 19.8 Å². The minimum Gasteiger partial charge on any atom is -0.393 e. The van der Waals surface area contributed by atoms with E-state index in [1.165, 1.54) is 0 Å². The zero-order valence-electron chi connectivity index (χ0n) is 13.9. The number of hydrogen-bond acceptors (Lipinski definition) is 4. The zero-order valence-corrected chi connectivity index (χ0v) is 13.9. The SMILES string of the molecule is C[C@]12CC(=O)[C@H]3[C@@H](C[C@@H](O)C4=CC(=O)CC[C@@]43C)[C@@H]1CC[C@@H]2O. The maximum atomic E-state index is 13.1. The standard InChI is InChI=1S/C19H26O4/c1-18-6-5-10(20)7-13(18)14(21)8-11-12-3-4-16(23)19(12,2)9-15(22)17(11)18/h7,11-12,14,16-17,21,23H,3-6,8-9H2,1-2H3/t11-,12-,14+,16-,17+,18-,19-/m0/s1. The van der Waals surface area contributed by atoms with E-state index in [4.69, 9.17) is 0 Å². The minimum atomic E-state index is -0.626. The molecule has 0 unspecified atom stereocenters. The Morgan fingerprint density at radius 1 is 1.17 bits per heavy atom. The number of fused-ring (bicyclic) bond motifs is 5. The molecule has 4 heteroatoms. The Kier molecular flexibility index (Phi) is 3.21. The minimum absolute atomic E-state index is 0.0689. The van der Waals surface area contributed by atoms with Crippen LogP contribution in [0.4, 0.5) is 0 Å². The lowest BCUT2D eigenvalue weighted by molar-refractivity contribution is -0.152. The fraction of sp³-hybridized carbons (Fsp3) is 0.789. The highest BCUT2D eigenvalue weighted by Gasteiger charge is 2.63. The summed E-state index contributed by atoms with van der Waals surface area (Å²) >= 11 is 0. The van der Waals surface area contributed by atoms with Gasteiger partial charge in [0.2, 0.25) is 0 Å². The van der Waals surface area contributed by atoms with Gasteiger partial charge in [0.15, 0.2) is 5.78 Å². The zero-order chi connectivity index (χ0) is 16.6. The summed E-state index contributed by atoms with van der Waals surface area (Å²) < 4.78 is 0. The van der Waals surface area contributed by atoms with Gasteiger partial charge in [-0.15, -0.1) is 0 Å². The van der Waals surface area contributed by atoms with E-state index in [1.807, 2.05) is 6.92 Å². The summed E-state index contributed by atoms with van der Waals surface area (Å²) in [6.45, 7) is 4.12. The Labute approximate surface area is 137 Å². The molecule has 0 heterocycles. The number of rotatable bonds is 0. The van der Waals surface area contributed by atoms with Crippen LogP contribution in [0.3, 0.4) is 0 Å². The first-order valence-electron chi connectivity index (χ1n) is 8.91. The van der Waals surface area contributed by atoms with Crippen molar-refractivity contribution in [1.82, 2.24) is 0 Å². The molecule has 0 aliphatic heterocycles. The molecule has 4 nitrogen and oxygen atoms in total. The van der Waals surface area contributed by atoms with Gasteiger partial charge in [-0.05, 0) is 49.2 Å². The first-order valence-corrected chi connectivity index (χ1v) is 8.91. The maximum absolute atomic E-state index is 13.1. The Morgan fingerprint density at radius 3 is 2.65 bits per heavy atom. The van der Waals surface area contributed by atoms with Crippen LogP contribution in [0.15, 0.2) is 11.6 Å². The van der Waals surface area contributed by atoms with Crippen molar-refractivity contribution in [3.8, 4) is 0 Å². The third-order valence-electron chi connectivity index (χ3n) is 7.61. The molecular formula is C19H26O4. The first kappa shape index (κ1) is 15.5. The summed E-state index contributed by atoms with van der Waals surface area (Å²) in [6.07, 6.45) is 4.38.